The summed E-state index contributed by atoms with van der Waals surface area (Å²) in [4.78, 5) is 2.08. The molecule has 0 saturated heterocycles. The number of likely N-dealkylation sites (N-methyl/N-ethyl adjacent to an activating group) is 2. The number of hydrogen-bond donors (Lipinski definition) is 2. The van der Waals surface area contributed by atoms with Gasteiger partial charge in [-0.2, -0.15) is 0 Å². The molecule has 0 bridgehead atoms. The highest BCUT2D eigenvalue weighted by molar-refractivity contribution is 8.02. The first-order chi connectivity index (χ1) is 6.24. The quantitative estimate of drug-likeness (QED) is 0.641. The van der Waals surface area contributed by atoms with E-state index < -0.39 is 0 Å². The third-order valence-electron chi connectivity index (χ3n) is 1.64. The second kappa shape index (κ2) is 8.41. The number of nitrogens with zero attached hydrogens (tertiary/aromatic N) is 1. The molecule has 0 aliphatic carbocycles. The standard InChI is InChI=1S/C9H20N2OS/c1-4-13-8-9(10-2)7-11(3)5-6-12/h8,10,12H,4-7H2,1-3H3/b9-8-. The number of nitrogens with one attached hydrogen (secondary N) is 1. The molecule has 0 saturated carbocycles. The Balaban J connectivity index is 3.82. The summed E-state index contributed by atoms with van der Waals surface area (Å²) < 4.78 is 0. The van der Waals surface area contributed by atoms with Crippen molar-refractivity contribution in [3.05, 3.63) is 11.1 Å². The molecule has 0 aromatic heterocycles. The Morgan fingerprint density at radius 3 is 2.77 bits per heavy atom. The molecule has 0 aliphatic rings. The summed E-state index contributed by atoms with van der Waals surface area (Å²) in [6.07, 6.45) is 0. The summed E-state index contributed by atoms with van der Waals surface area (Å²) >= 11 is 1.79. The van der Waals surface area contributed by atoms with Gasteiger partial charge in [0.15, 0.2) is 0 Å². The van der Waals surface area contributed by atoms with Gasteiger partial charge >= 0.3 is 0 Å². The maximum Gasteiger partial charge on any atom is 0.0558 e. The van der Waals surface area contributed by atoms with E-state index in [2.05, 4.69) is 22.5 Å². The van der Waals surface area contributed by atoms with Gasteiger partial charge in [-0.1, -0.05) is 6.92 Å². The zero-order valence-corrected chi connectivity index (χ0v) is 9.52. The van der Waals surface area contributed by atoms with Crippen molar-refractivity contribution in [1.29, 1.82) is 0 Å². The van der Waals surface area contributed by atoms with Gasteiger partial charge in [0.05, 0.1) is 6.61 Å². The van der Waals surface area contributed by atoms with E-state index in [1.165, 1.54) is 5.70 Å². The summed E-state index contributed by atoms with van der Waals surface area (Å²) in [5.41, 5.74) is 1.20. The molecule has 0 heterocycles. The molecule has 0 aromatic carbocycles. The third-order valence-corrected chi connectivity index (χ3v) is 2.42. The van der Waals surface area contributed by atoms with Gasteiger partial charge in [-0.3, -0.25) is 4.90 Å². The number of rotatable bonds is 7. The molecule has 0 spiro atoms. The van der Waals surface area contributed by atoms with Crippen LogP contribution in [0.5, 0.6) is 0 Å². The van der Waals surface area contributed by atoms with Crippen LogP contribution in [0, 0.1) is 0 Å². The van der Waals surface area contributed by atoms with Crippen molar-refractivity contribution in [3.63, 3.8) is 0 Å². The fourth-order valence-electron chi connectivity index (χ4n) is 0.900. The molecule has 0 fully saturated rings. The van der Waals surface area contributed by atoms with E-state index in [-0.39, 0.29) is 6.61 Å². The molecule has 13 heavy (non-hydrogen) atoms. The van der Waals surface area contributed by atoms with Crippen LogP contribution in [-0.4, -0.2) is 49.6 Å². The summed E-state index contributed by atoms with van der Waals surface area (Å²) in [7, 11) is 3.92. The monoisotopic (exact) mass is 204 g/mol. The minimum atomic E-state index is 0.217. The fourth-order valence-corrected chi connectivity index (χ4v) is 1.46. The largest absolute Gasteiger partial charge is 0.395 e. The lowest BCUT2D eigenvalue weighted by Gasteiger charge is -2.17. The number of hydrogen-bond acceptors (Lipinski definition) is 4. The van der Waals surface area contributed by atoms with Crippen LogP contribution < -0.4 is 5.32 Å². The predicted octanol–water partition coefficient (Wildman–Crippen LogP) is 0.724. The first-order valence-electron chi connectivity index (χ1n) is 4.52. The average molecular weight is 204 g/mol. The van der Waals surface area contributed by atoms with E-state index in [4.69, 9.17) is 5.11 Å². The molecule has 0 rings (SSSR count). The molecule has 0 amide bonds. The van der Waals surface area contributed by atoms with Crippen molar-refractivity contribution in [2.45, 2.75) is 6.92 Å². The zero-order chi connectivity index (χ0) is 10.1. The van der Waals surface area contributed by atoms with Crippen molar-refractivity contribution >= 4 is 11.8 Å². The van der Waals surface area contributed by atoms with Crippen LogP contribution >= 0.6 is 11.8 Å². The van der Waals surface area contributed by atoms with Crippen LogP contribution in [0.3, 0.4) is 0 Å². The van der Waals surface area contributed by atoms with Crippen LogP contribution in [0.1, 0.15) is 6.92 Å². The highest BCUT2D eigenvalue weighted by atomic mass is 32.2. The van der Waals surface area contributed by atoms with Crippen molar-refractivity contribution in [1.82, 2.24) is 10.2 Å². The van der Waals surface area contributed by atoms with Gasteiger partial charge in [0.1, 0.15) is 0 Å². The third kappa shape index (κ3) is 6.93. The second-order valence-electron chi connectivity index (χ2n) is 2.81. The number of aliphatic hydroxyl groups is 1. The maximum absolute atomic E-state index is 8.71. The van der Waals surface area contributed by atoms with Gasteiger partial charge in [-0.15, -0.1) is 11.8 Å². The molecule has 0 aromatic rings. The minimum Gasteiger partial charge on any atom is -0.395 e. The van der Waals surface area contributed by atoms with E-state index in [1.54, 1.807) is 11.8 Å². The van der Waals surface area contributed by atoms with E-state index in [0.717, 1.165) is 18.8 Å². The van der Waals surface area contributed by atoms with Crippen molar-refractivity contribution in [3.8, 4) is 0 Å². The average Bonchev–Trinajstić information content (AvgIpc) is 2.12. The van der Waals surface area contributed by atoms with E-state index in [0.29, 0.717) is 0 Å². The summed E-state index contributed by atoms with van der Waals surface area (Å²) in [5.74, 6) is 1.09. The molecule has 78 valence electrons. The Morgan fingerprint density at radius 1 is 1.62 bits per heavy atom. The van der Waals surface area contributed by atoms with Gasteiger partial charge in [0.2, 0.25) is 0 Å². The molecule has 0 aliphatic heterocycles. The first kappa shape index (κ1) is 12.8. The molecule has 3 nitrogen and oxygen atoms in total. The first-order valence-corrected chi connectivity index (χ1v) is 5.57. The molecular formula is C9H20N2OS. The lowest BCUT2D eigenvalue weighted by Crippen LogP contribution is -2.28. The maximum atomic E-state index is 8.71. The summed E-state index contributed by atoms with van der Waals surface area (Å²) in [6, 6.07) is 0. The van der Waals surface area contributed by atoms with Crippen molar-refractivity contribution < 1.29 is 5.11 Å². The smallest absolute Gasteiger partial charge is 0.0558 e. The predicted molar refractivity (Wildman–Crippen MR) is 59.9 cm³/mol. The lowest BCUT2D eigenvalue weighted by atomic mass is 10.4. The van der Waals surface area contributed by atoms with E-state index in [1.807, 2.05) is 14.1 Å². The van der Waals surface area contributed by atoms with E-state index in [9.17, 15) is 0 Å². The Kier molecular flexibility index (Phi) is 8.29. The van der Waals surface area contributed by atoms with Crippen molar-refractivity contribution in [2.24, 2.45) is 0 Å². The minimum absolute atomic E-state index is 0.217. The van der Waals surface area contributed by atoms with Crippen LogP contribution in [0.15, 0.2) is 11.1 Å². The number of aliphatic hydroxyl groups excluding tert-OH is 1. The van der Waals surface area contributed by atoms with Gasteiger partial charge in [0.25, 0.3) is 0 Å². The Labute approximate surface area is 85.2 Å². The highest BCUT2D eigenvalue weighted by Crippen LogP contribution is 2.04. The highest BCUT2D eigenvalue weighted by Gasteiger charge is 1.99. The number of thioether (sulfide) groups is 1. The van der Waals surface area contributed by atoms with Gasteiger partial charge in [0, 0.05) is 25.8 Å². The molecule has 0 atom stereocenters. The Morgan fingerprint density at radius 2 is 2.31 bits per heavy atom. The molecule has 4 heteroatoms. The normalized spacial score (nSPS) is 12.2. The fraction of sp³-hybridized carbons (Fsp3) is 0.778. The molecule has 0 radical (unpaired) electrons. The lowest BCUT2D eigenvalue weighted by molar-refractivity contribution is 0.229. The summed E-state index contributed by atoms with van der Waals surface area (Å²) in [6.45, 7) is 3.93. The molecular weight excluding hydrogens is 184 g/mol. The van der Waals surface area contributed by atoms with Gasteiger partial charge in [-0.05, 0) is 18.2 Å². The van der Waals surface area contributed by atoms with Crippen LogP contribution in [0.2, 0.25) is 0 Å². The molecule has 2 N–H and O–H groups in total. The van der Waals surface area contributed by atoms with Crippen molar-refractivity contribution in [2.75, 3.05) is 39.5 Å². The Bertz CT molecular complexity index is 151. The zero-order valence-electron chi connectivity index (χ0n) is 8.71. The van der Waals surface area contributed by atoms with Crippen LogP contribution in [-0.2, 0) is 0 Å². The van der Waals surface area contributed by atoms with E-state index >= 15 is 0 Å². The van der Waals surface area contributed by atoms with Crippen LogP contribution in [0.25, 0.3) is 0 Å². The van der Waals surface area contributed by atoms with Gasteiger partial charge < -0.3 is 10.4 Å². The second-order valence-corrected chi connectivity index (χ2v) is 3.96. The Hall–Kier alpha value is -0.190. The van der Waals surface area contributed by atoms with Crippen LogP contribution in [0.4, 0.5) is 0 Å². The summed E-state index contributed by atoms with van der Waals surface area (Å²) in [5, 5.41) is 14.0. The SMILES string of the molecule is CCS/C=C(/CN(C)CCO)NC. The van der Waals surface area contributed by atoms with Gasteiger partial charge in [-0.25, -0.2) is 0 Å². The molecule has 0 unspecified atom stereocenters. The topological polar surface area (TPSA) is 35.5 Å².